The first-order valence-corrected chi connectivity index (χ1v) is 7.34. The van der Waals surface area contributed by atoms with Crippen molar-refractivity contribution in [1.82, 2.24) is 9.55 Å². The van der Waals surface area contributed by atoms with Gasteiger partial charge in [-0.25, -0.2) is 4.79 Å². The van der Waals surface area contributed by atoms with Gasteiger partial charge in [0, 0.05) is 29.4 Å². The number of aromatic amines is 1. The van der Waals surface area contributed by atoms with Crippen LogP contribution < -0.4 is 11.2 Å². The summed E-state index contributed by atoms with van der Waals surface area (Å²) in [6.45, 7) is 0.290. The average Bonchev–Trinajstić information content (AvgIpc) is 2.33. The summed E-state index contributed by atoms with van der Waals surface area (Å²) < 4.78 is 12.1. The molecule has 5 nitrogen and oxygen atoms in total. The van der Waals surface area contributed by atoms with E-state index >= 15 is 0 Å². The topological polar surface area (TPSA) is 71.9 Å². The van der Waals surface area contributed by atoms with Crippen molar-refractivity contribution in [2.45, 2.75) is 13.0 Å². The van der Waals surface area contributed by atoms with E-state index in [2.05, 4.69) is 4.98 Å². The molecule has 0 aliphatic rings. The van der Waals surface area contributed by atoms with Gasteiger partial charge in [0.15, 0.2) is 0 Å². The van der Waals surface area contributed by atoms with Crippen LogP contribution in [0.1, 0.15) is 6.42 Å². The van der Waals surface area contributed by atoms with Crippen molar-refractivity contribution >= 4 is 21.7 Å². The lowest BCUT2D eigenvalue weighted by Crippen LogP contribution is -2.35. The SMILES string of the molecule is CS(=O)CCCn1c(=O)[nH]c2ccccc2c1=O. The molecule has 1 atom stereocenters. The summed E-state index contributed by atoms with van der Waals surface area (Å²) in [5.74, 6) is 0.485. The Morgan fingerprint density at radius 2 is 2.00 bits per heavy atom. The van der Waals surface area contributed by atoms with Crippen LogP contribution in [0.2, 0.25) is 0 Å². The molecule has 1 aromatic carbocycles. The number of hydrogen-bond acceptors (Lipinski definition) is 3. The van der Waals surface area contributed by atoms with Gasteiger partial charge in [0.2, 0.25) is 0 Å². The minimum Gasteiger partial charge on any atom is -0.307 e. The molecule has 1 unspecified atom stereocenters. The van der Waals surface area contributed by atoms with E-state index < -0.39 is 16.5 Å². The maximum absolute atomic E-state index is 12.1. The lowest BCUT2D eigenvalue weighted by Gasteiger charge is -2.05. The molecule has 0 amide bonds. The van der Waals surface area contributed by atoms with Crippen LogP contribution in [0.5, 0.6) is 0 Å². The van der Waals surface area contributed by atoms with Gasteiger partial charge in [-0.1, -0.05) is 12.1 Å². The summed E-state index contributed by atoms with van der Waals surface area (Å²) in [4.78, 5) is 26.5. The third kappa shape index (κ3) is 2.59. The predicted octanol–water partition coefficient (Wildman–Crippen LogP) is 0.458. The van der Waals surface area contributed by atoms with Crippen LogP contribution in [0.25, 0.3) is 10.9 Å². The zero-order valence-corrected chi connectivity index (χ0v) is 10.8. The highest BCUT2D eigenvalue weighted by molar-refractivity contribution is 7.84. The molecule has 6 heteroatoms. The Kier molecular flexibility index (Phi) is 3.76. The largest absolute Gasteiger partial charge is 0.328 e. The average molecular weight is 266 g/mol. The Hall–Kier alpha value is -1.69. The standard InChI is InChI=1S/C12H14N2O3S/c1-18(17)8-4-7-14-11(15)9-5-2-3-6-10(9)13-12(14)16/h2-3,5-6H,4,7-8H2,1H3,(H,13,16). The monoisotopic (exact) mass is 266 g/mol. The fourth-order valence-electron chi connectivity index (χ4n) is 1.83. The fraction of sp³-hybridized carbons (Fsp3) is 0.333. The van der Waals surface area contributed by atoms with Crippen molar-refractivity contribution in [2.24, 2.45) is 0 Å². The number of H-pyrrole nitrogens is 1. The van der Waals surface area contributed by atoms with Crippen molar-refractivity contribution < 1.29 is 4.21 Å². The van der Waals surface area contributed by atoms with Gasteiger partial charge in [-0.3, -0.25) is 13.6 Å². The first-order chi connectivity index (χ1) is 8.59. The molecule has 0 aliphatic carbocycles. The van der Waals surface area contributed by atoms with E-state index in [1.807, 2.05) is 0 Å². The molecule has 1 heterocycles. The van der Waals surface area contributed by atoms with E-state index in [0.29, 0.717) is 29.6 Å². The van der Waals surface area contributed by atoms with Crippen molar-refractivity contribution in [3.8, 4) is 0 Å². The van der Waals surface area contributed by atoms with Crippen LogP contribution >= 0.6 is 0 Å². The van der Waals surface area contributed by atoms with Crippen molar-refractivity contribution in [3.05, 3.63) is 45.1 Å². The van der Waals surface area contributed by atoms with Gasteiger partial charge in [0.05, 0.1) is 10.9 Å². The van der Waals surface area contributed by atoms with Crippen LogP contribution in [-0.4, -0.2) is 25.8 Å². The number of benzene rings is 1. The van der Waals surface area contributed by atoms with Crippen LogP contribution in [0.4, 0.5) is 0 Å². The third-order valence-electron chi connectivity index (χ3n) is 2.70. The number of hydrogen-bond donors (Lipinski definition) is 1. The number of aromatic nitrogens is 2. The molecule has 18 heavy (non-hydrogen) atoms. The van der Waals surface area contributed by atoms with Crippen LogP contribution in [0, 0.1) is 0 Å². The molecule has 2 rings (SSSR count). The molecule has 1 aromatic heterocycles. The summed E-state index contributed by atoms with van der Waals surface area (Å²) in [6.07, 6.45) is 2.15. The van der Waals surface area contributed by atoms with Gasteiger partial charge in [0.25, 0.3) is 5.56 Å². The molecule has 0 saturated carbocycles. The zero-order chi connectivity index (χ0) is 13.1. The van der Waals surface area contributed by atoms with E-state index in [9.17, 15) is 13.8 Å². The van der Waals surface area contributed by atoms with Gasteiger partial charge in [-0.15, -0.1) is 0 Å². The number of nitrogens with zero attached hydrogens (tertiary/aromatic N) is 1. The van der Waals surface area contributed by atoms with E-state index in [0.717, 1.165) is 4.57 Å². The van der Waals surface area contributed by atoms with Gasteiger partial charge >= 0.3 is 5.69 Å². The predicted molar refractivity (Wildman–Crippen MR) is 72.4 cm³/mol. The number of para-hydroxylation sites is 1. The molecule has 0 saturated heterocycles. The lowest BCUT2D eigenvalue weighted by molar-refractivity contribution is 0.620. The molecule has 2 aromatic rings. The van der Waals surface area contributed by atoms with Crippen molar-refractivity contribution in [1.29, 1.82) is 0 Å². The number of fused-ring (bicyclic) bond motifs is 1. The normalized spacial score (nSPS) is 12.7. The quantitative estimate of drug-likeness (QED) is 0.873. The van der Waals surface area contributed by atoms with E-state index in [1.54, 1.807) is 30.5 Å². The first-order valence-electron chi connectivity index (χ1n) is 5.61. The Labute approximate surface area is 106 Å². The molecule has 0 fully saturated rings. The maximum atomic E-state index is 12.1. The Balaban J connectivity index is 2.42. The molecule has 1 N–H and O–H groups in total. The zero-order valence-electron chi connectivity index (χ0n) is 10.0. The Morgan fingerprint density at radius 3 is 2.72 bits per heavy atom. The summed E-state index contributed by atoms with van der Waals surface area (Å²) >= 11 is 0. The van der Waals surface area contributed by atoms with E-state index in [1.165, 1.54) is 0 Å². The minimum absolute atomic E-state index is 0.290. The van der Waals surface area contributed by atoms with Gasteiger partial charge in [-0.05, 0) is 18.6 Å². The van der Waals surface area contributed by atoms with Crippen molar-refractivity contribution in [3.63, 3.8) is 0 Å². The highest BCUT2D eigenvalue weighted by Crippen LogP contribution is 2.03. The maximum Gasteiger partial charge on any atom is 0.328 e. The summed E-state index contributed by atoms with van der Waals surface area (Å²) in [5, 5.41) is 0.495. The van der Waals surface area contributed by atoms with Gasteiger partial charge in [0.1, 0.15) is 0 Å². The molecule has 0 radical (unpaired) electrons. The summed E-state index contributed by atoms with van der Waals surface area (Å²) in [5.41, 5.74) is -0.167. The minimum atomic E-state index is -0.907. The third-order valence-corrected chi connectivity index (χ3v) is 3.57. The molecular formula is C12H14N2O3S. The summed E-state index contributed by atoms with van der Waals surface area (Å²) in [7, 11) is -0.907. The Bertz CT molecular complexity index is 702. The molecule has 0 aliphatic heterocycles. The van der Waals surface area contributed by atoms with E-state index in [4.69, 9.17) is 0 Å². The van der Waals surface area contributed by atoms with Gasteiger partial charge < -0.3 is 4.98 Å². The molecule has 0 spiro atoms. The molecule has 96 valence electrons. The lowest BCUT2D eigenvalue weighted by atomic mass is 10.2. The smallest absolute Gasteiger partial charge is 0.307 e. The van der Waals surface area contributed by atoms with E-state index in [-0.39, 0.29) is 5.56 Å². The van der Waals surface area contributed by atoms with Crippen molar-refractivity contribution in [2.75, 3.05) is 12.0 Å². The van der Waals surface area contributed by atoms with Gasteiger partial charge in [-0.2, -0.15) is 0 Å². The second kappa shape index (κ2) is 5.30. The van der Waals surface area contributed by atoms with Crippen LogP contribution in [0.3, 0.4) is 0 Å². The molecule has 0 bridgehead atoms. The first kappa shape index (κ1) is 12.8. The van der Waals surface area contributed by atoms with Crippen LogP contribution in [-0.2, 0) is 17.3 Å². The molecular weight excluding hydrogens is 252 g/mol. The van der Waals surface area contributed by atoms with Crippen LogP contribution in [0.15, 0.2) is 33.9 Å². The second-order valence-electron chi connectivity index (χ2n) is 4.06. The number of nitrogens with one attached hydrogen (secondary N) is 1. The highest BCUT2D eigenvalue weighted by Gasteiger charge is 2.06. The Morgan fingerprint density at radius 1 is 1.28 bits per heavy atom. The highest BCUT2D eigenvalue weighted by atomic mass is 32.2. The number of rotatable bonds is 4. The fourth-order valence-corrected chi connectivity index (χ4v) is 2.36. The second-order valence-corrected chi connectivity index (χ2v) is 5.62. The summed E-state index contributed by atoms with van der Waals surface area (Å²) in [6, 6.07) is 6.90.